The molecule has 1 atom stereocenters. The average molecular weight is 232 g/mol. The van der Waals surface area contributed by atoms with Crippen LogP contribution in [0, 0.1) is 0 Å². The lowest BCUT2D eigenvalue weighted by atomic mass is 10.1. The Bertz CT molecular complexity index is 349. The van der Waals surface area contributed by atoms with Gasteiger partial charge in [0.05, 0.1) is 0 Å². The number of hydrogen-bond donors (Lipinski definition) is 1. The first-order valence-electron chi connectivity index (χ1n) is 6.88. The zero-order valence-electron chi connectivity index (χ0n) is 10.9. The van der Waals surface area contributed by atoms with Crippen molar-refractivity contribution in [1.82, 2.24) is 4.90 Å². The Kier molecular flexibility index (Phi) is 4.43. The highest BCUT2D eigenvalue weighted by Gasteiger charge is 2.21. The van der Waals surface area contributed by atoms with Crippen LogP contribution < -0.4 is 5.73 Å². The highest BCUT2D eigenvalue weighted by atomic mass is 15.2. The quantitative estimate of drug-likeness (QED) is 0.791. The third kappa shape index (κ3) is 3.22. The molecule has 0 bridgehead atoms. The molecule has 0 aromatic heterocycles. The first-order valence-corrected chi connectivity index (χ1v) is 6.88. The number of benzene rings is 1. The number of likely N-dealkylation sites (tertiary alicyclic amines) is 1. The maximum Gasteiger partial charge on any atom is 0.0346 e. The first kappa shape index (κ1) is 12.4. The van der Waals surface area contributed by atoms with Crippen LogP contribution >= 0.6 is 0 Å². The largest absolute Gasteiger partial charge is 0.399 e. The smallest absolute Gasteiger partial charge is 0.0346 e. The van der Waals surface area contributed by atoms with E-state index in [1.54, 1.807) is 0 Å². The normalized spacial score (nSPS) is 20.9. The van der Waals surface area contributed by atoms with Crippen molar-refractivity contribution in [2.45, 2.75) is 45.1 Å². The van der Waals surface area contributed by atoms with E-state index in [2.05, 4.69) is 24.0 Å². The average Bonchev–Trinajstić information content (AvgIpc) is 2.79. The van der Waals surface area contributed by atoms with E-state index in [-0.39, 0.29) is 0 Å². The number of aryl methyl sites for hydroxylation is 1. The number of anilines is 1. The van der Waals surface area contributed by atoms with Gasteiger partial charge in [-0.25, -0.2) is 0 Å². The second kappa shape index (κ2) is 6.06. The summed E-state index contributed by atoms with van der Waals surface area (Å²) in [4.78, 5) is 2.65. The van der Waals surface area contributed by atoms with Crippen LogP contribution in [0.25, 0.3) is 0 Å². The lowest BCUT2D eigenvalue weighted by Gasteiger charge is -2.23. The molecule has 1 saturated heterocycles. The van der Waals surface area contributed by atoms with E-state index in [0.29, 0.717) is 0 Å². The number of nitrogens with two attached hydrogens (primary N) is 1. The van der Waals surface area contributed by atoms with Crippen molar-refractivity contribution in [2.24, 2.45) is 0 Å². The summed E-state index contributed by atoms with van der Waals surface area (Å²) in [6.07, 6.45) is 6.41. The topological polar surface area (TPSA) is 29.3 Å². The maximum absolute atomic E-state index is 5.95. The number of nitrogens with zero attached hydrogens (tertiary/aromatic N) is 1. The van der Waals surface area contributed by atoms with Gasteiger partial charge >= 0.3 is 0 Å². The summed E-state index contributed by atoms with van der Waals surface area (Å²) in [5.74, 6) is 0. The molecule has 1 aromatic rings. The van der Waals surface area contributed by atoms with Gasteiger partial charge in [-0.3, -0.25) is 0 Å². The van der Waals surface area contributed by atoms with Gasteiger partial charge in [0, 0.05) is 11.7 Å². The number of para-hydroxylation sites is 1. The molecule has 94 valence electrons. The fourth-order valence-electron chi connectivity index (χ4n) is 2.89. The molecule has 2 rings (SSSR count). The Morgan fingerprint density at radius 2 is 2.18 bits per heavy atom. The second-order valence-electron chi connectivity index (χ2n) is 5.04. The van der Waals surface area contributed by atoms with Crippen molar-refractivity contribution in [3.63, 3.8) is 0 Å². The molecule has 1 unspecified atom stereocenters. The van der Waals surface area contributed by atoms with Crippen LogP contribution in [0.3, 0.4) is 0 Å². The van der Waals surface area contributed by atoms with Crippen molar-refractivity contribution in [3.05, 3.63) is 29.8 Å². The van der Waals surface area contributed by atoms with Crippen LogP contribution in [0.5, 0.6) is 0 Å². The van der Waals surface area contributed by atoms with Gasteiger partial charge in [0.15, 0.2) is 0 Å². The van der Waals surface area contributed by atoms with Crippen LogP contribution in [0.1, 0.15) is 38.2 Å². The predicted octanol–water partition coefficient (Wildman–Crippen LogP) is 3.08. The fourth-order valence-corrected chi connectivity index (χ4v) is 2.89. The summed E-state index contributed by atoms with van der Waals surface area (Å²) in [5.41, 5.74) is 8.21. The van der Waals surface area contributed by atoms with E-state index in [9.17, 15) is 0 Å². The summed E-state index contributed by atoms with van der Waals surface area (Å²) < 4.78 is 0. The molecule has 0 radical (unpaired) electrons. The summed E-state index contributed by atoms with van der Waals surface area (Å²) >= 11 is 0. The minimum absolute atomic E-state index is 0.836. The molecule has 0 saturated carbocycles. The van der Waals surface area contributed by atoms with Gasteiger partial charge in [0.2, 0.25) is 0 Å². The van der Waals surface area contributed by atoms with E-state index in [1.165, 1.54) is 44.3 Å². The molecule has 1 aliphatic heterocycles. The minimum atomic E-state index is 0.836. The van der Waals surface area contributed by atoms with Crippen molar-refractivity contribution >= 4 is 5.69 Å². The molecule has 17 heavy (non-hydrogen) atoms. The number of hydrogen-bond acceptors (Lipinski definition) is 2. The Morgan fingerprint density at radius 1 is 1.35 bits per heavy atom. The molecule has 1 heterocycles. The standard InChI is InChI=1S/C15H24N2/c1-2-14-9-6-12-17(14)11-5-8-13-7-3-4-10-15(13)16/h3-4,7,10,14H,2,5-6,8-9,11-12,16H2,1H3. The van der Waals surface area contributed by atoms with Crippen molar-refractivity contribution in [1.29, 1.82) is 0 Å². The summed E-state index contributed by atoms with van der Waals surface area (Å²) in [5, 5.41) is 0. The second-order valence-corrected chi connectivity index (χ2v) is 5.04. The monoisotopic (exact) mass is 232 g/mol. The minimum Gasteiger partial charge on any atom is -0.399 e. The zero-order valence-corrected chi connectivity index (χ0v) is 10.9. The molecule has 2 nitrogen and oxygen atoms in total. The molecule has 0 amide bonds. The number of nitrogen functional groups attached to an aromatic ring is 1. The summed E-state index contributed by atoms with van der Waals surface area (Å²) in [6.45, 7) is 4.83. The van der Waals surface area contributed by atoms with E-state index in [0.717, 1.165) is 18.2 Å². The third-order valence-corrected chi connectivity index (χ3v) is 3.92. The predicted molar refractivity (Wildman–Crippen MR) is 74.1 cm³/mol. The van der Waals surface area contributed by atoms with Crippen molar-refractivity contribution in [2.75, 3.05) is 18.8 Å². The Labute approximate surface area is 105 Å². The summed E-state index contributed by atoms with van der Waals surface area (Å²) in [6, 6.07) is 9.07. The van der Waals surface area contributed by atoms with E-state index < -0.39 is 0 Å². The SMILES string of the molecule is CCC1CCCN1CCCc1ccccc1N. The van der Waals surface area contributed by atoms with Crippen LogP contribution in [0.4, 0.5) is 5.69 Å². The Hall–Kier alpha value is -1.02. The Balaban J connectivity index is 1.78. The molecular formula is C15H24N2. The lowest BCUT2D eigenvalue weighted by Crippen LogP contribution is -2.30. The van der Waals surface area contributed by atoms with Gasteiger partial charge in [-0.2, -0.15) is 0 Å². The van der Waals surface area contributed by atoms with Gasteiger partial charge in [-0.15, -0.1) is 0 Å². The van der Waals surface area contributed by atoms with Crippen LogP contribution in [0.15, 0.2) is 24.3 Å². The number of rotatable bonds is 5. The molecule has 1 fully saturated rings. The molecule has 2 heteroatoms. The van der Waals surface area contributed by atoms with Gasteiger partial charge in [0.1, 0.15) is 0 Å². The van der Waals surface area contributed by atoms with Crippen molar-refractivity contribution in [3.8, 4) is 0 Å². The summed E-state index contributed by atoms with van der Waals surface area (Å²) in [7, 11) is 0. The van der Waals surface area contributed by atoms with Gasteiger partial charge in [-0.05, 0) is 56.8 Å². The van der Waals surface area contributed by atoms with Crippen molar-refractivity contribution < 1.29 is 0 Å². The van der Waals surface area contributed by atoms with E-state index in [4.69, 9.17) is 5.73 Å². The van der Waals surface area contributed by atoms with E-state index >= 15 is 0 Å². The molecule has 1 aliphatic rings. The molecule has 0 spiro atoms. The van der Waals surface area contributed by atoms with Gasteiger partial charge < -0.3 is 10.6 Å². The molecule has 0 aliphatic carbocycles. The van der Waals surface area contributed by atoms with Crippen LogP contribution in [-0.2, 0) is 6.42 Å². The zero-order chi connectivity index (χ0) is 12.1. The third-order valence-electron chi connectivity index (χ3n) is 3.92. The molecular weight excluding hydrogens is 208 g/mol. The fraction of sp³-hybridized carbons (Fsp3) is 0.600. The first-order chi connectivity index (χ1) is 8.31. The van der Waals surface area contributed by atoms with E-state index in [1.807, 2.05) is 12.1 Å². The highest BCUT2D eigenvalue weighted by Crippen LogP contribution is 2.20. The molecule has 2 N–H and O–H groups in total. The van der Waals surface area contributed by atoms with Crippen LogP contribution in [-0.4, -0.2) is 24.0 Å². The lowest BCUT2D eigenvalue weighted by molar-refractivity contribution is 0.245. The van der Waals surface area contributed by atoms with Gasteiger partial charge in [0.25, 0.3) is 0 Å². The highest BCUT2D eigenvalue weighted by molar-refractivity contribution is 5.46. The van der Waals surface area contributed by atoms with Crippen LogP contribution in [0.2, 0.25) is 0 Å². The Morgan fingerprint density at radius 3 is 2.94 bits per heavy atom. The van der Waals surface area contributed by atoms with Gasteiger partial charge in [-0.1, -0.05) is 25.1 Å². The maximum atomic E-state index is 5.95. The molecule has 1 aromatic carbocycles.